The van der Waals surface area contributed by atoms with Crippen LogP contribution in [-0.4, -0.2) is 49.7 Å². The first-order valence-corrected chi connectivity index (χ1v) is 8.71. The van der Waals surface area contributed by atoms with Crippen LogP contribution < -0.4 is 0 Å². The van der Waals surface area contributed by atoms with Gasteiger partial charge in [0.25, 0.3) is 0 Å². The molecule has 1 aromatic carbocycles. The number of rotatable bonds is 11. The summed E-state index contributed by atoms with van der Waals surface area (Å²) in [7, 11) is 0. The molecule has 0 amide bonds. The summed E-state index contributed by atoms with van der Waals surface area (Å²) in [5.41, 5.74) is 1.05. The van der Waals surface area contributed by atoms with Crippen LogP contribution in [0.15, 0.2) is 24.3 Å². The summed E-state index contributed by atoms with van der Waals surface area (Å²) >= 11 is 6.18. The van der Waals surface area contributed by atoms with E-state index in [1.165, 1.54) is 0 Å². The number of nitrogens with zero attached hydrogens (tertiary/aromatic N) is 1. The first-order chi connectivity index (χ1) is 11.6. The van der Waals surface area contributed by atoms with Gasteiger partial charge in [-0.1, -0.05) is 29.8 Å². The van der Waals surface area contributed by atoms with E-state index < -0.39 is 0 Å². The van der Waals surface area contributed by atoms with Gasteiger partial charge in [0.1, 0.15) is 0 Å². The molecule has 1 aromatic rings. The number of hydrogen-bond acceptors (Lipinski definition) is 5. The molecule has 0 aliphatic rings. The Bertz CT molecular complexity index is 499. The Morgan fingerprint density at radius 1 is 0.958 bits per heavy atom. The standard InChI is InChI=1S/C18H26ClNO4/c1-3-23-17(21)10-13-20(14-11-18(22)24-4-2)12-9-15-7-5-6-8-16(15)19/h5-8H,3-4,9-14H2,1-2H3. The lowest BCUT2D eigenvalue weighted by molar-refractivity contribution is -0.143. The minimum absolute atomic E-state index is 0.226. The smallest absolute Gasteiger partial charge is 0.307 e. The number of carbonyl (C=O) groups excluding carboxylic acids is 2. The van der Waals surface area contributed by atoms with Crippen LogP contribution in [0, 0.1) is 0 Å². The summed E-state index contributed by atoms with van der Waals surface area (Å²) in [6, 6.07) is 7.68. The minimum atomic E-state index is -0.226. The van der Waals surface area contributed by atoms with Crippen LogP contribution >= 0.6 is 11.6 Å². The van der Waals surface area contributed by atoms with Crippen molar-refractivity contribution in [3.05, 3.63) is 34.9 Å². The first kappa shape index (κ1) is 20.5. The van der Waals surface area contributed by atoms with E-state index in [0.29, 0.717) is 45.7 Å². The maximum Gasteiger partial charge on any atom is 0.307 e. The van der Waals surface area contributed by atoms with Gasteiger partial charge in [-0.25, -0.2) is 0 Å². The van der Waals surface area contributed by atoms with Crippen molar-refractivity contribution >= 4 is 23.5 Å². The second-order valence-corrected chi connectivity index (χ2v) is 5.70. The van der Waals surface area contributed by atoms with Crippen LogP contribution in [-0.2, 0) is 25.5 Å². The predicted molar refractivity (Wildman–Crippen MR) is 94.1 cm³/mol. The Balaban J connectivity index is 2.53. The Kier molecular flexibility index (Phi) is 10.1. The van der Waals surface area contributed by atoms with Crippen molar-refractivity contribution in [3.8, 4) is 0 Å². The molecule has 1 rings (SSSR count). The first-order valence-electron chi connectivity index (χ1n) is 8.33. The zero-order valence-corrected chi connectivity index (χ0v) is 15.2. The van der Waals surface area contributed by atoms with Crippen molar-refractivity contribution in [2.75, 3.05) is 32.8 Å². The molecule has 0 heterocycles. The molecule has 6 heteroatoms. The Hall–Kier alpha value is -1.59. The van der Waals surface area contributed by atoms with Crippen LogP contribution in [0.4, 0.5) is 0 Å². The van der Waals surface area contributed by atoms with Crippen LogP contribution in [0.5, 0.6) is 0 Å². The van der Waals surface area contributed by atoms with Gasteiger partial charge < -0.3 is 14.4 Å². The zero-order valence-electron chi connectivity index (χ0n) is 14.4. The van der Waals surface area contributed by atoms with Gasteiger partial charge in [-0.05, 0) is 31.9 Å². The van der Waals surface area contributed by atoms with Crippen LogP contribution in [0.25, 0.3) is 0 Å². The van der Waals surface area contributed by atoms with E-state index in [-0.39, 0.29) is 11.9 Å². The molecule has 0 saturated carbocycles. The molecule has 0 fully saturated rings. The predicted octanol–water partition coefficient (Wildman–Crippen LogP) is 3.09. The molecule has 0 aliphatic heterocycles. The summed E-state index contributed by atoms with van der Waals surface area (Å²) in [4.78, 5) is 25.2. The summed E-state index contributed by atoms with van der Waals surface area (Å²) in [6.45, 7) is 6.12. The third-order valence-electron chi connectivity index (χ3n) is 3.53. The van der Waals surface area contributed by atoms with Crippen LogP contribution in [0.3, 0.4) is 0 Å². The van der Waals surface area contributed by atoms with Gasteiger partial charge in [0, 0.05) is 24.7 Å². The fourth-order valence-electron chi connectivity index (χ4n) is 2.28. The van der Waals surface area contributed by atoms with Gasteiger partial charge >= 0.3 is 11.9 Å². The van der Waals surface area contributed by atoms with Crippen molar-refractivity contribution < 1.29 is 19.1 Å². The molecule has 0 spiro atoms. The lowest BCUT2D eigenvalue weighted by Gasteiger charge is -2.21. The summed E-state index contributed by atoms with van der Waals surface area (Å²) < 4.78 is 9.92. The molecule has 5 nitrogen and oxygen atoms in total. The fourth-order valence-corrected chi connectivity index (χ4v) is 2.51. The molecule has 0 bridgehead atoms. The number of halogens is 1. The fraction of sp³-hybridized carbons (Fsp3) is 0.556. The molecule has 0 unspecified atom stereocenters. The van der Waals surface area contributed by atoms with Gasteiger partial charge in [-0.2, -0.15) is 0 Å². The summed E-state index contributed by atoms with van der Waals surface area (Å²) in [6.07, 6.45) is 1.36. The molecule has 0 saturated heterocycles. The van der Waals surface area contributed by atoms with Gasteiger partial charge in [0.05, 0.1) is 26.1 Å². The van der Waals surface area contributed by atoms with E-state index in [1.54, 1.807) is 13.8 Å². The molecule has 0 radical (unpaired) electrons. The topological polar surface area (TPSA) is 55.8 Å². The number of carbonyl (C=O) groups is 2. The highest BCUT2D eigenvalue weighted by Gasteiger charge is 2.12. The van der Waals surface area contributed by atoms with E-state index in [1.807, 2.05) is 24.3 Å². The summed E-state index contributed by atoms with van der Waals surface area (Å²) in [5, 5.41) is 0.730. The molecule has 0 aromatic heterocycles. The minimum Gasteiger partial charge on any atom is -0.466 e. The zero-order chi connectivity index (χ0) is 17.8. The Morgan fingerprint density at radius 2 is 1.50 bits per heavy atom. The number of benzene rings is 1. The van der Waals surface area contributed by atoms with Crippen LogP contribution in [0.1, 0.15) is 32.3 Å². The van der Waals surface area contributed by atoms with Crippen molar-refractivity contribution in [1.29, 1.82) is 0 Å². The summed E-state index contributed by atoms with van der Waals surface area (Å²) in [5.74, 6) is -0.451. The lowest BCUT2D eigenvalue weighted by atomic mass is 10.1. The van der Waals surface area contributed by atoms with E-state index in [4.69, 9.17) is 21.1 Å². The lowest BCUT2D eigenvalue weighted by Crippen LogP contribution is -2.31. The maximum absolute atomic E-state index is 11.6. The van der Waals surface area contributed by atoms with E-state index in [0.717, 1.165) is 17.0 Å². The second kappa shape index (κ2) is 11.9. The van der Waals surface area contributed by atoms with Crippen molar-refractivity contribution in [2.24, 2.45) is 0 Å². The SMILES string of the molecule is CCOC(=O)CCN(CCC(=O)OCC)CCc1ccccc1Cl. The average Bonchev–Trinajstić information content (AvgIpc) is 2.56. The number of ether oxygens (including phenoxy) is 2. The highest BCUT2D eigenvalue weighted by atomic mass is 35.5. The third-order valence-corrected chi connectivity index (χ3v) is 3.90. The van der Waals surface area contributed by atoms with E-state index in [2.05, 4.69) is 4.90 Å². The molecule has 0 atom stereocenters. The Morgan fingerprint density at radius 3 is 2.00 bits per heavy atom. The monoisotopic (exact) mass is 355 g/mol. The number of esters is 2. The maximum atomic E-state index is 11.6. The molecule has 134 valence electrons. The van der Waals surface area contributed by atoms with Crippen molar-refractivity contribution in [1.82, 2.24) is 4.90 Å². The molecule has 0 N–H and O–H groups in total. The highest BCUT2D eigenvalue weighted by molar-refractivity contribution is 6.31. The average molecular weight is 356 g/mol. The molecule has 0 aliphatic carbocycles. The normalized spacial score (nSPS) is 10.7. The number of hydrogen-bond donors (Lipinski definition) is 0. The van der Waals surface area contributed by atoms with E-state index >= 15 is 0 Å². The quantitative estimate of drug-likeness (QED) is 0.571. The van der Waals surface area contributed by atoms with Gasteiger partial charge in [-0.3, -0.25) is 9.59 Å². The van der Waals surface area contributed by atoms with Gasteiger partial charge in [-0.15, -0.1) is 0 Å². The molecular formula is C18H26ClNO4. The third kappa shape index (κ3) is 8.31. The largest absolute Gasteiger partial charge is 0.466 e. The second-order valence-electron chi connectivity index (χ2n) is 5.29. The Labute approximate surface area is 148 Å². The van der Waals surface area contributed by atoms with Crippen molar-refractivity contribution in [2.45, 2.75) is 33.1 Å². The molecule has 24 heavy (non-hydrogen) atoms. The van der Waals surface area contributed by atoms with Crippen LogP contribution in [0.2, 0.25) is 5.02 Å². The molecular weight excluding hydrogens is 330 g/mol. The van der Waals surface area contributed by atoms with Gasteiger partial charge in [0.2, 0.25) is 0 Å². The highest BCUT2D eigenvalue weighted by Crippen LogP contribution is 2.16. The van der Waals surface area contributed by atoms with Crippen molar-refractivity contribution in [3.63, 3.8) is 0 Å². The van der Waals surface area contributed by atoms with Gasteiger partial charge in [0.15, 0.2) is 0 Å². The van der Waals surface area contributed by atoms with E-state index in [9.17, 15) is 9.59 Å².